The van der Waals surface area contributed by atoms with E-state index in [4.69, 9.17) is 16.7 Å². The molecular weight excluding hydrogens is 168 g/mol. The number of halogens is 1. The second kappa shape index (κ2) is 2.92. The lowest BCUT2D eigenvalue weighted by molar-refractivity contribution is -0.138. The summed E-state index contributed by atoms with van der Waals surface area (Å²) in [5, 5.41) is 15.0. The van der Waals surface area contributed by atoms with Gasteiger partial charge >= 0.3 is 5.97 Å². The highest BCUT2D eigenvalue weighted by molar-refractivity contribution is 6.29. The summed E-state index contributed by atoms with van der Waals surface area (Å²) in [5.41, 5.74) is 0.516. The predicted octanol–water partition coefficient (Wildman–Crippen LogP) is 1.25. The van der Waals surface area contributed by atoms with E-state index in [9.17, 15) is 4.79 Å². The SMILES string of the molecule is CC(C(=O)O)c1cc(Cl)n[nH]1. The fraction of sp³-hybridized carbons (Fsp3) is 0.333. The Balaban J connectivity index is 2.84. The number of H-pyrrole nitrogens is 1. The maximum Gasteiger partial charge on any atom is 0.312 e. The molecule has 0 aromatic carbocycles. The fourth-order valence-electron chi connectivity index (χ4n) is 0.666. The first-order valence-electron chi connectivity index (χ1n) is 3.05. The number of aliphatic carboxylic acids is 1. The topological polar surface area (TPSA) is 66.0 Å². The number of nitrogens with one attached hydrogen (secondary N) is 1. The van der Waals surface area contributed by atoms with Gasteiger partial charge in [-0.05, 0) is 13.0 Å². The Hall–Kier alpha value is -1.03. The summed E-state index contributed by atoms with van der Waals surface area (Å²) < 4.78 is 0. The van der Waals surface area contributed by atoms with Crippen molar-refractivity contribution >= 4 is 17.6 Å². The van der Waals surface area contributed by atoms with Gasteiger partial charge in [0.05, 0.1) is 11.6 Å². The van der Waals surface area contributed by atoms with Crippen molar-refractivity contribution in [1.82, 2.24) is 10.2 Å². The fourth-order valence-corrected chi connectivity index (χ4v) is 0.825. The number of carboxylic acids is 1. The number of aromatic nitrogens is 2. The van der Waals surface area contributed by atoms with Crippen molar-refractivity contribution < 1.29 is 9.90 Å². The monoisotopic (exact) mass is 174 g/mol. The number of carbonyl (C=O) groups is 1. The average molecular weight is 175 g/mol. The lowest BCUT2D eigenvalue weighted by Gasteiger charge is -1.99. The summed E-state index contributed by atoms with van der Waals surface area (Å²) in [7, 11) is 0. The van der Waals surface area contributed by atoms with Crippen LogP contribution in [0.15, 0.2) is 6.07 Å². The highest BCUT2D eigenvalue weighted by atomic mass is 35.5. The van der Waals surface area contributed by atoms with Gasteiger partial charge in [0, 0.05) is 0 Å². The van der Waals surface area contributed by atoms with Crippen molar-refractivity contribution in [3.8, 4) is 0 Å². The molecule has 0 amide bonds. The number of aromatic amines is 1. The lowest BCUT2D eigenvalue weighted by Crippen LogP contribution is -2.07. The van der Waals surface area contributed by atoms with E-state index in [-0.39, 0.29) is 5.15 Å². The minimum atomic E-state index is -0.898. The molecule has 4 nitrogen and oxygen atoms in total. The Kier molecular flexibility index (Phi) is 2.14. The highest BCUT2D eigenvalue weighted by Gasteiger charge is 2.15. The maximum absolute atomic E-state index is 10.4. The van der Waals surface area contributed by atoms with Crippen molar-refractivity contribution in [2.45, 2.75) is 12.8 Å². The van der Waals surface area contributed by atoms with Crippen molar-refractivity contribution in [2.75, 3.05) is 0 Å². The molecule has 1 aromatic heterocycles. The molecule has 0 aliphatic carbocycles. The zero-order valence-corrected chi connectivity index (χ0v) is 6.59. The van der Waals surface area contributed by atoms with Crippen LogP contribution in [-0.2, 0) is 4.79 Å². The van der Waals surface area contributed by atoms with E-state index in [0.717, 1.165) is 0 Å². The third-order valence-electron chi connectivity index (χ3n) is 1.40. The minimum absolute atomic E-state index is 0.285. The first-order chi connectivity index (χ1) is 5.11. The van der Waals surface area contributed by atoms with E-state index >= 15 is 0 Å². The standard InChI is InChI=1S/C6H7ClN2O2/c1-3(6(10)11)4-2-5(7)9-8-4/h2-3H,1H3,(H,8,9)(H,10,11). The average Bonchev–Trinajstić information content (AvgIpc) is 2.34. The zero-order valence-electron chi connectivity index (χ0n) is 5.84. The van der Waals surface area contributed by atoms with Gasteiger partial charge in [-0.15, -0.1) is 0 Å². The highest BCUT2D eigenvalue weighted by Crippen LogP contribution is 2.15. The molecule has 11 heavy (non-hydrogen) atoms. The van der Waals surface area contributed by atoms with Crippen LogP contribution in [0, 0.1) is 0 Å². The quantitative estimate of drug-likeness (QED) is 0.709. The molecule has 0 aliphatic heterocycles. The van der Waals surface area contributed by atoms with Gasteiger partial charge in [-0.25, -0.2) is 0 Å². The van der Waals surface area contributed by atoms with E-state index < -0.39 is 11.9 Å². The van der Waals surface area contributed by atoms with Gasteiger partial charge in [-0.3, -0.25) is 9.89 Å². The third-order valence-corrected chi connectivity index (χ3v) is 1.60. The summed E-state index contributed by atoms with van der Waals surface area (Å²) >= 11 is 5.47. The minimum Gasteiger partial charge on any atom is -0.481 e. The Morgan fingerprint density at radius 1 is 1.91 bits per heavy atom. The molecule has 0 radical (unpaired) electrons. The smallest absolute Gasteiger partial charge is 0.312 e. The second-order valence-electron chi connectivity index (χ2n) is 2.21. The molecule has 1 atom stereocenters. The van der Waals surface area contributed by atoms with Crippen LogP contribution in [0.1, 0.15) is 18.5 Å². The Labute approximate surface area is 68.2 Å². The van der Waals surface area contributed by atoms with E-state index in [1.165, 1.54) is 6.07 Å². The molecule has 2 N–H and O–H groups in total. The molecule has 0 aliphatic rings. The van der Waals surface area contributed by atoms with Gasteiger partial charge < -0.3 is 5.11 Å². The van der Waals surface area contributed by atoms with E-state index in [1.807, 2.05) is 0 Å². The summed E-state index contributed by atoms with van der Waals surface area (Å²) in [4.78, 5) is 10.4. The van der Waals surface area contributed by atoms with Crippen LogP contribution in [0.2, 0.25) is 5.15 Å². The van der Waals surface area contributed by atoms with Gasteiger partial charge in [-0.2, -0.15) is 5.10 Å². The third kappa shape index (κ3) is 1.71. The first-order valence-corrected chi connectivity index (χ1v) is 3.42. The molecule has 5 heteroatoms. The van der Waals surface area contributed by atoms with Crippen LogP contribution in [0.5, 0.6) is 0 Å². The molecule has 1 rings (SSSR count). The van der Waals surface area contributed by atoms with E-state index in [0.29, 0.717) is 5.69 Å². The van der Waals surface area contributed by atoms with Crippen molar-refractivity contribution in [1.29, 1.82) is 0 Å². The molecule has 0 fully saturated rings. The molecule has 1 heterocycles. The molecule has 0 saturated carbocycles. The molecular formula is C6H7ClN2O2. The molecule has 0 bridgehead atoms. The Morgan fingerprint density at radius 3 is 2.91 bits per heavy atom. The first kappa shape index (κ1) is 8.07. The van der Waals surface area contributed by atoms with Gasteiger partial charge in [0.1, 0.15) is 0 Å². The molecule has 0 saturated heterocycles. The second-order valence-corrected chi connectivity index (χ2v) is 2.59. The van der Waals surface area contributed by atoms with E-state index in [1.54, 1.807) is 6.92 Å². The summed E-state index contributed by atoms with van der Waals surface area (Å²) in [6.45, 7) is 1.56. The predicted molar refractivity (Wildman–Crippen MR) is 39.6 cm³/mol. The van der Waals surface area contributed by atoms with Crippen LogP contribution < -0.4 is 0 Å². The summed E-state index contributed by atoms with van der Waals surface area (Å²) in [5.74, 6) is -1.49. The maximum atomic E-state index is 10.4. The Bertz CT molecular complexity index is 271. The van der Waals surface area contributed by atoms with Crippen molar-refractivity contribution in [3.05, 3.63) is 16.9 Å². The van der Waals surface area contributed by atoms with E-state index in [2.05, 4.69) is 10.2 Å². The number of hydrogen-bond donors (Lipinski definition) is 2. The van der Waals surface area contributed by atoms with Crippen LogP contribution in [0.3, 0.4) is 0 Å². The van der Waals surface area contributed by atoms with Crippen LogP contribution >= 0.6 is 11.6 Å². The summed E-state index contributed by atoms with van der Waals surface area (Å²) in [6, 6.07) is 1.50. The Morgan fingerprint density at radius 2 is 2.55 bits per heavy atom. The molecule has 1 unspecified atom stereocenters. The normalized spacial score (nSPS) is 12.9. The summed E-state index contributed by atoms with van der Waals surface area (Å²) in [6.07, 6.45) is 0. The van der Waals surface area contributed by atoms with Crippen molar-refractivity contribution in [2.24, 2.45) is 0 Å². The van der Waals surface area contributed by atoms with Gasteiger partial charge in [0.2, 0.25) is 0 Å². The van der Waals surface area contributed by atoms with Crippen LogP contribution in [0.4, 0.5) is 0 Å². The van der Waals surface area contributed by atoms with Gasteiger partial charge in [-0.1, -0.05) is 11.6 Å². The zero-order chi connectivity index (χ0) is 8.43. The van der Waals surface area contributed by atoms with Crippen LogP contribution in [0.25, 0.3) is 0 Å². The number of nitrogens with zero attached hydrogens (tertiary/aromatic N) is 1. The molecule has 1 aromatic rings. The van der Waals surface area contributed by atoms with Crippen molar-refractivity contribution in [3.63, 3.8) is 0 Å². The lowest BCUT2D eigenvalue weighted by atomic mass is 10.1. The number of hydrogen-bond acceptors (Lipinski definition) is 2. The number of rotatable bonds is 2. The number of carboxylic acid groups (broad SMARTS) is 1. The van der Waals surface area contributed by atoms with Gasteiger partial charge in [0.25, 0.3) is 0 Å². The van der Waals surface area contributed by atoms with Crippen LogP contribution in [-0.4, -0.2) is 21.3 Å². The van der Waals surface area contributed by atoms with Gasteiger partial charge in [0.15, 0.2) is 5.15 Å². The molecule has 60 valence electrons. The largest absolute Gasteiger partial charge is 0.481 e. The molecule has 0 spiro atoms.